The van der Waals surface area contributed by atoms with Gasteiger partial charge in [-0.2, -0.15) is 4.79 Å². The molecule has 1 unspecified atom stereocenters. The zero-order chi connectivity index (χ0) is 69.2. The number of aliphatic hydroxyl groups excluding tert-OH is 1. The number of hydroxylamine groups is 6. The number of aromatic amines is 1. The summed E-state index contributed by atoms with van der Waals surface area (Å²) in [6, 6.07) is 5.69. The van der Waals surface area contributed by atoms with Gasteiger partial charge in [0.15, 0.2) is 0 Å². The maximum Gasteiger partial charge on any atom is 0.560 e. The SMILES string of the molecule is COCCCO.COCCCOC(=O)Nc1ccc2c(c1)C(Cc1cnc[nH]1)CCO2.COCCCOC(=O)ON1C(=O)CCC1=O.O=C(ON1C(=O)CCC1=O)ON1C(=O)CCC1=O.[B][B]B([B])B(B(B([B])[B])B([B])[B])B(B(B([B])[B])B([B])[B])B(B([B])[B])B([B])[B]. The van der Waals surface area contributed by atoms with E-state index in [0.29, 0.717) is 62.5 Å². The monoisotopic (exact) mass is 1220 g/mol. The number of H-pyrrole nitrogens is 1. The number of amides is 7. The zero-order valence-electron chi connectivity index (χ0n) is 51.9. The molecule has 7 amide bonds. The molecule has 0 aliphatic carbocycles. The van der Waals surface area contributed by atoms with Gasteiger partial charge < -0.3 is 38.5 Å². The van der Waals surface area contributed by atoms with Crippen molar-refractivity contribution in [1.82, 2.24) is 25.2 Å². The average molecular weight is 1210 g/mol. The summed E-state index contributed by atoms with van der Waals surface area (Å²) in [6.07, 6.45) is -6.39. The number of carbonyl (C=O) groups excluding carboxylic acids is 9. The van der Waals surface area contributed by atoms with Gasteiger partial charge in [0, 0.05) is 309 Å². The van der Waals surface area contributed by atoms with E-state index in [4.69, 9.17) is 132 Å². The van der Waals surface area contributed by atoms with E-state index in [1.165, 1.54) is 14.2 Å². The highest BCUT2D eigenvalue weighted by Gasteiger charge is 2.50. The first-order valence-corrected chi connectivity index (χ1v) is 29.1. The minimum Gasteiger partial charge on any atom is -0.493 e. The molecule has 439 valence electrons. The number of imide groups is 3. The first-order valence-electron chi connectivity index (χ1n) is 29.1. The molecular weight excluding hydrogens is 1160 g/mol. The number of imidazole rings is 1. The first-order chi connectivity index (χ1) is 43.6. The second kappa shape index (κ2) is 44.7. The van der Waals surface area contributed by atoms with Crippen molar-refractivity contribution in [3.8, 4) is 5.75 Å². The van der Waals surface area contributed by atoms with Crippen LogP contribution in [0.15, 0.2) is 30.7 Å². The van der Waals surface area contributed by atoms with Crippen LogP contribution in [-0.4, -0.2) is 344 Å². The van der Waals surface area contributed by atoms with Gasteiger partial charge in [-0.1, -0.05) is 15.2 Å². The standard InChI is InChI=1S/C18H23N3O4.C9H8N2O7.C9H13NO6.C4H10O2.B27/c1-23-6-2-7-25-18(22)21-14-3-4-17-16(10-14)13(5-8-24-17)9-15-11-19-12-20-15;12-5-1-2-6(13)10(5)17-9(16)18-11-7(14)3-4-8(11)15;1-14-5-2-6-15-9(13)16-10-7(11)3-4-8(10)12;1-6-4-2-3-5;1-15-22(14)26(23(16(2)3)17(4)5)27(24(18(6)7)19(8)9)25(20(10)11)21(12)13/h3-4,10-13H,2,5-9H2,1H3,(H,19,20)(H,21,22);1-4H2;2-6H2,1H3;5H,2-4H2,1H3;. The molecule has 0 spiro atoms. The number of methoxy groups -OCH3 is 3. The summed E-state index contributed by atoms with van der Waals surface area (Å²) in [7, 11) is 89.3. The van der Waals surface area contributed by atoms with Gasteiger partial charge in [0.05, 0.1) is 26.1 Å². The van der Waals surface area contributed by atoms with Crippen molar-refractivity contribution in [2.24, 2.45) is 0 Å². The smallest absolute Gasteiger partial charge is 0.493 e. The number of aromatic nitrogens is 2. The fraction of sp³-hybridized carbons (Fsp3) is 0.550. The molecule has 1 aromatic carbocycles. The Labute approximate surface area is 562 Å². The van der Waals surface area contributed by atoms with Crippen molar-refractivity contribution in [3.63, 3.8) is 0 Å². The molecule has 0 bridgehead atoms. The normalized spacial score (nSPS) is 14.2. The van der Waals surface area contributed by atoms with Crippen LogP contribution in [0.5, 0.6) is 5.75 Å². The van der Waals surface area contributed by atoms with Crippen LogP contribution in [0.1, 0.15) is 81.4 Å². The molecule has 6 rings (SSSR count). The zero-order valence-corrected chi connectivity index (χ0v) is 51.9. The second-order valence-corrected chi connectivity index (χ2v) is 20.9. The molecule has 1 atom stereocenters. The number of fused-ring (bicyclic) bond motifs is 1. The molecule has 5 heterocycles. The van der Waals surface area contributed by atoms with Crippen molar-refractivity contribution in [1.29, 1.82) is 0 Å². The predicted octanol–water partition coefficient (Wildman–Crippen LogP) is -7.66. The molecular formula is C40H54B27N6O19. The number of aliphatic hydroxyl groups is 1. The lowest BCUT2D eigenvalue weighted by Gasteiger charge is -2.48. The quantitative estimate of drug-likeness (QED) is 0.0295. The Morgan fingerprint density at radius 2 is 1.01 bits per heavy atom. The fourth-order valence-electron chi connectivity index (χ4n) is 9.72. The lowest BCUT2D eigenvalue weighted by atomic mass is 8.33. The van der Waals surface area contributed by atoms with E-state index in [1.807, 2.05) is 24.4 Å². The number of benzene rings is 1. The number of hydrogen-bond acceptors (Lipinski definition) is 20. The van der Waals surface area contributed by atoms with E-state index in [9.17, 15) is 43.2 Å². The molecule has 2 aromatic rings. The van der Waals surface area contributed by atoms with Gasteiger partial charge in [0.25, 0.3) is 35.4 Å². The summed E-state index contributed by atoms with van der Waals surface area (Å²) in [5.74, 6) is -2.60. The van der Waals surface area contributed by atoms with E-state index in [1.54, 1.807) is 20.5 Å². The van der Waals surface area contributed by atoms with Crippen LogP contribution in [0.3, 0.4) is 0 Å². The number of nitrogens with one attached hydrogen (secondary N) is 2. The van der Waals surface area contributed by atoms with Crippen molar-refractivity contribution in [3.05, 3.63) is 42.0 Å². The predicted molar refractivity (Wildman–Crippen MR) is 372 cm³/mol. The molecule has 0 saturated carbocycles. The van der Waals surface area contributed by atoms with Gasteiger partial charge in [0.2, 0.25) is 0 Å². The number of hydrogen-bond donors (Lipinski definition) is 3. The molecule has 3 N–H and O–H groups in total. The van der Waals surface area contributed by atoms with Crippen LogP contribution in [-0.2, 0) is 73.4 Å². The minimum absolute atomic E-state index is 0.0618. The molecule has 3 saturated heterocycles. The maximum atomic E-state index is 11.9. The van der Waals surface area contributed by atoms with E-state index in [0.717, 1.165) is 36.3 Å². The number of anilines is 1. The van der Waals surface area contributed by atoms with Crippen LogP contribution in [0, 0.1) is 0 Å². The number of carbonyl (C=O) groups is 9. The Morgan fingerprint density at radius 3 is 1.39 bits per heavy atom. The number of rotatable bonds is 29. The van der Waals surface area contributed by atoms with Gasteiger partial charge in [-0.15, -0.1) is 0 Å². The average Bonchev–Trinajstić information content (AvgIpc) is 1.13. The van der Waals surface area contributed by atoms with E-state index in [2.05, 4.69) is 39.3 Å². The van der Waals surface area contributed by atoms with Crippen molar-refractivity contribution in [2.45, 2.75) is 76.5 Å². The van der Waals surface area contributed by atoms with Crippen LogP contribution < -0.4 is 10.1 Å². The lowest BCUT2D eigenvalue weighted by Crippen LogP contribution is -2.86. The summed E-state index contributed by atoms with van der Waals surface area (Å²) >= 11 is 0. The third kappa shape index (κ3) is 28.6. The molecule has 3 fully saturated rings. The largest absolute Gasteiger partial charge is 0.560 e. The van der Waals surface area contributed by atoms with Gasteiger partial charge in [-0.25, -0.2) is 14.6 Å². The molecule has 29 radical (unpaired) electrons. The van der Waals surface area contributed by atoms with Gasteiger partial charge >= 0.3 is 18.4 Å². The first kappa shape index (κ1) is 83.1. The molecule has 52 heteroatoms. The van der Waals surface area contributed by atoms with Gasteiger partial charge in [0.1, 0.15) is 5.75 Å². The Morgan fingerprint density at radius 1 is 0.598 bits per heavy atom. The highest BCUT2D eigenvalue weighted by molar-refractivity contribution is 8.25. The Balaban J connectivity index is 0.000000412. The number of ether oxygens (including phenoxy) is 6. The van der Waals surface area contributed by atoms with Crippen molar-refractivity contribution in [2.75, 3.05) is 72.9 Å². The molecule has 1 aromatic heterocycles. The minimum atomic E-state index is -1.48. The molecule has 4 aliphatic heterocycles. The summed E-state index contributed by atoms with van der Waals surface area (Å²) in [6.45, 7) is 3.05. The molecule has 25 nitrogen and oxygen atoms in total. The highest BCUT2D eigenvalue weighted by Crippen LogP contribution is 2.37. The van der Waals surface area contributed by atoms with E-state index >= 15 is 0 Å². The summed E-state index contributed by atoms with van der Waals surface area (Å²) in [5.41, 5.74) is 2.89. The summed E-state index contributed by atoms with van der Waals surface area (Å²) < 4.78 is 29.8. The Kier molecular flexibility index (Phi) is 40.4. The van der Waals surface area contributed by atoms with Crippen LogP contribution in [0.4, 0.5) is 20.1 Å². The number of nitrogens with zero attached hydrogens (tertiary/aromatic N) is 4. The van der Waals surface area contributed by atoms with Crippen LogP contribution in [0.25, 0.3) is 0 Å². The molecule has 4 aliphatic rings. The fourth-order valence-corrected chi connectivity index (χ4v) is 9.72. The lowest BCUT2D eigenvalue weighted by molar-refractivity contribution is -0.198. The van der Waals surface area contributed by atoms with Gasteiger partial charge in [-0.05, 0) is 48.9 Å². The van der Waals surface area contributed by atoms with E-state index in [-0.39, 0.29) is 61.9 Å². The molecule has 92 heavy (non-hydrogen) atoms. The Bertz CT molecular complexity index is 2490. The highest BCUT2D eigenvalue weighted by atomic mass is 16.9. The maximum absolute atomic E-state index is 11.9. The summed E-state index contributed by atoms with van der Waals surface area (Å²) in [5, 5.41) is 11.8. The Hall–Kier alpha value is -4.95. The van der Waals surface area contributed by atoms with E-state index < -0.39 is 130 Å². The third-order valence-corrected chi connectivity index (χ3v) is 14.0. The second-order valence-electron chi connectivity index (χ2n) is 20.9. The van der Waals surface area contributed by atoms with Crippen LogP contribution in [0.2, 0.25) is 0 Å². The van der Waals surface area contributed by atoms with Gasteiger partial charge in [-0.3, -0.25) is 48.6 Å². The van der Waals surface area contributed by atoms with Crippen molar-refractivity contribution >= 4 is 252 Å². The van der Waals surface area contributed by atoms with Crippen LogP contribution >= 0.6 is 0 Å². The summed E-state index contributed by atoms with van der Waals surface area (Å²) in [4.78, 5) is 121. The topological polar surface area (TPSA) is 307 Å². The third-order valence-electron chi connectivity index (χ3n) is 14.0. The van der Waals surface area contributed by atoms with Crippen molar-refractivity contribution < 1.29 is 91.2 Å².